The zero-order valence-electron chi connectivity index (χ0n) is 31.2. The van der Waals surface area contributed by atoms with Crippen molar-refractivity contribution >= 4 is 38.6 Å². The van der Waals surface area contributed by atoms with E-state index in [0.29, 0.717) is 44.4 Å². The molecule has 12 heteroatoms. The van der Waals surface area contributed by atoms with Crippen molar-refractivity contribution in [3.8, 4) is 5.75 Å². The van der Waals surface area contributed by atoms with Gasteiger partial charge in [0, 0.05) is 23.3 Å². The third-order valence-electron chi connectivity index (χ3n) is 12.5. The van der Waals surface area contributed by atoms with E-state index < -0.39 is 49.8 Å². The van der Waals surface area contributed by atoms with E-state index in [1.165, 1.54) is 5.56 Å². The molecule has 1 aromatic heterocycles. The molecule has 54 heavy (non-hydrogen) atoms. The number of carbonyl (C=O) groups excluding carboxylic acids is 3. The summed E-state index contributed by atoms with van der Waals surface area (Å²) in [5, 5.41) is 7.61. The number of ether oxygens (including phenoxy) is 1. The SMILES string of the molecule is Cc1nc2ccccc2c2c1O[C@]1(CC2)C[C@H]2C(=O)N[C@]3(C(=O)NS(=O)(=O)C4(C)CC4)C[C@H]3C=CCCCCC[C@H](NCCc3ccccc3)C(=O)N2C1. The highest BCUT2D eigenvalue weighted by Gasteiger charge is 2.64. The third kappa shape index (κ3) is 6.91. The van der Waals surface area contributed by atoms with Crippen LogP contribution in [0, 0.1) is 12.8 Å². The molecule has 4 heterocycles. The van der Waals surface area contributed by atoms with Gasteiger partial charge in [0.15, 0.2) is 0 Å². The summed E-state index contributed by atoms with van der Waals surface area (Å²) in [6.45, 7) is 4.37. The second-order valence-corrected chi connectivity index (χ2v) is 18.7. The smallest absolute Gasteiger partial charge is 0.259 e. The fourth-order valence-electron chi connectivity index (χ4n) is 8.73. The molecule has 3 N–H and O–H groups in total. The van der Waals surface area contributed by atoms with E-state index in [9.17, 15) is 22.8 Å². The summed E-state index contributed by atoms with van der Waals surface area (Å²) < 4.78 is 34.7. The van der Waals surface area contributed by atoms with Crippen molar-refractivity contribution < 1.29 is 27.5 Å². The molecule has 3 aromatic rings. The number of nitrogens with zero attached hydrogens (tertiary/aromatic N) is 2. The molecule has 5 atom stereocenters. The molecular formula is C42H51N5O6S. The summed E-state index contributed by atoms with van der Waals surface area (Å²) in [6, 6.07) is 16.7. The molecule has 0 bridgehead atoms. The van der Waals surface area contributed by atoms with Gasteiger partial charge in [-0.15, -0.1) is 0 Å². The fraction of sp³-hybridized carbons (Fsp3) is 0.524. The third-order valence-corrected chi connectivity index (χ3v) is 14.7. The molecule has 8 rings (SSSR count). The molecular weight excluding hydrogens is 703 g/mol. The summed E-state index contributed by atoms with van der Waals surface area (Å²) in [6.07, 6.45) is 11.6. The van der Waals surface area contributed by atoms with Gasteiger partial charge in [0.25, 0.3) is 5.91 Å². The number of hydrogen-bond acceptors (Lipinski definition) is 8. The molecule has 3 amide bonds. The number of aryl methyl sites for hydroxylation is 2. The van der Waals surface area contributed by atoms with Crippen LogP contribution in [0.5, 0.6) is 5.75 Å². The van der Waals surface area contributed by atoms with Gasteiger partial charge in [0.1, 0.15) is 22.9 Å². The number of benzene rings is 2. The van der Waals surface area contributed by atoms with Crippen molar-refractivity contribution in [3.05, 3.63) is 83.6 Å². The van der Waals surface area contributed by atoms with Crippen molar-refractivity contribution in [1.29, 1.82) is 0 Å². The molecule has 3 aliphatic heterocycles. The van der Waals surface area contributed by atoms with Crippen LogP contribution in [-0.2, 0) is 37.2 Å². The zero-order valence-corrected chi connectivity index (χ0v) is 32.1. The van der Waals surface area contributed by atoms with Gasteiger partial charge < -0.3 is 20.3 Å². The van der Waals surface area contributed by atoms with Crippen molar-refractivity contribution in [2.24, 2.45) is 5.92 Å². The summed E-state index contributed by atoms with van der Waals surface area (Å²) in [7, 11) is -3.94. The highest BCUT2D eigenvalue weighted by Crippen LogP contribution is 2.49. The number of hydrogen-bond donors (Lipinski definition) is 3. The maximum Gasteiger partial charge on any atom is 0.259 e. The van der Waals surface area contributed by atoms with E-state index in [2.05, 4.69) is 33.6 Å². The van der Waals surface area contributed by atoms with Crippen LogP contribution in [0.4, 0.5) is 0 Å². The number of para-hydroxylation sites is 1. The molecule has 1 saturated heterocycles. The van der Waals surface area contributed by atoms with Crippen LogP contribution in [0.15, 0.2) is 66.7 Å². The average molecular weight is 754 g/mol. The normalized spacial score (nSPS) is 29.2. The topological polar surface area (TPSA) is 147 Å². The van der Waals surface area contributed by atoms with E-state index in [0.717, 1.165) is 54.3 Å². The van der Waals surface area contributed by atoms with Crippen LogP contribution < -0.4 is 20.1 Å². The van der Waals surface area contributed by atoms with Crippen LogP contribution >= 0.6 is 0 Å². The molecule has 2 aromatic carbocycles. The maximum absolute atomic E-state index is 14.8. The molecule has 2 saturated carbocycles. The Morgan fingerprint density at radius 2 is 1.80 bits per heavy atom. The van der Waals surface area contributed by atoms with Gasteiger partial charge in [-0.25, -0.2) is 13.4 Å². The summed E-state index contributed by atoms with van der Waals surface area (Å²) in [5.41, 5.74) is 1.64. The van der Waals surface area contributed by atoms with Crippen LogP contribution in [0.25, 0.3) is 10.9 Å². The fourth-order valence-corrected chi connectivity index (χ4v) is 10.0. The second kappa shape index (κ2) is 14.1. The standard InChI is InChI=1S/C42H51N5O6S/c1-28-36-32(31-16-11-12-17-33(31)44-28)19-21-41(53-36)26-35-37(48)45-42(39(50)46-54(51,52)40(2)22-23-40)25-30(42)15-9-4-3-5-10-18-34(38(49)47(35)27-41)43-24-20-29-13-7-6-8-14-29/h6-9,11-17,30,34-35,43H,3-5,10,18-27H2,1-2H3,(H,45,48)(H,46,50)/t30-,34+,35+,41-,42-/m1/s1. The van der Waals surface area contributed by atoms with Crippen molar-refractivity contribution in [2.45, 2.75) is 119 Å². The summed E-state index contributed by atoms with van der Waals surface area (Å²) >= 11 is 0. The van der Waals surface area contributed by atoms with Crippen molar-refractivity contribution in [1.82, 2.24) is 25.2 Å². The Hall–Kier alpha value is -4.29. The molecule has 1 spiro atoms. The van der Waals surface area contributed by atoms with Gasteiger partial charge in [0.05, 0.1) is 28.5 Å². The molecule has 3 fully saturated rings. The molecule has 0 unspecified atom stereocenters. The summed E-state index contributed by atoms with van der Waals surface area (Å²) in [5.74, 6) is -1.01. The number of amides is 3. The highest BCUT2D eigenvalue weighted by atomic mass is 32.2. The van der Waals surface area contributed by atoms with Crippen LogP contribution in [-0.4, -0.2) is 77.1 Å². The predicted octanol–water partition coefficient (Wildman–Crippen LogP) is 4.80. The molecule has 5 aliphatic rings. The van der Waals surface area contributed by atoms with Gasteiger partial charge in [-0.3, -0.25) is 19.1 Å². The predicted molar refractivity (Wildman–Crippen MR) is 206 cm³/mol. The van der Waals surface area contributed by atoms with Crippen LogP contribution in [0.1, 0.15) is 88.0 Å². The lowest BCUT2D eigenvalue weighted by Gasteiger charge is -2.36. The number of fused-ring (bicyclic) bond motifs is 5. The zero-order chi connectivity index (χ0) is 37.7. The Bertz CT molecular complexity index is 2100. The first-order valence-electron chi connectivity index (χ1n) is 19.6. The van der Waals surface area contributed by atoms with Gasteiger partial charge >= 0.3 is 0 Å². The first kappa shape index (κ1) is 36.7. The lowest BCUT2D eigenvalue weighted by Crippen LogP contribution is -2.58. The number of pyridine rings is 1. The number of aromatic nitrogens is 1. The number of allylic oxidation sites excluding steroid dienone is 1. The maximum atomic E-state index is 14.8. The Morgan fingerprint density at radius 1 is 1.02 bits per heavy atom. The minimum absolute atomic E-state index is 0.161. The number of nitrogens with one attached hydrogen (secondary N) is 3. The van der Waals surface area contributed by atoms with E-state index in [1.54, 1.807) is 11.8 Å². The van der Waals surface area contributed by atoms with E-state index in [4.69, 9.17) is 9.72 Å². The van der Waals surface area contributed by atoms with E-state index in [1.807, 2.05) is 55.5 Å². The lowest BCUT2D eigenvalue weighted by atomic mass is 9.87. The first-order chi connectivity index (χ1) is 25.9. The molecule has 286 valence electrons. The largest absolute Gasteiger partial charge is 0.483 e. The van der Waals surface area contributed by atoms with Gasteiger partial charge in [0.2, 0.25) is 21.8 Å². The Morgan fingerprint density at radius 3 is 2.59 bits per heavy atom. The molecule has 11 nitrogen and oxygen atoms in total. The van der Waals surface area contributed by atoms with Gasteiger partial charge in [-0.05, 0) is 89.8 Å². The number of sulfonamides is 1. The quantitative estimate of drug-likeness (QED) is 0.292. The van der Waals surface area contributed by atoms with Crippen molar-refractivity contribution in [2.75, 3.05) is 13.1 Å². The van der Waals surface area contributed by atoms with Crippen LogP contribution in [0.3, 0.4) is 0 Å². The molecule has 2 aliphatic carbocycles. The Kier molecular flexibility index (Phi) is 9.57. The lowest BCUT2D eigenvalue weighted by molar-refractivity contribution is -0.141. The minimum Gasteiger partial charge on any atom is -0.483 e. The van der Waals surface area contributed by atoms with E-state index >= 15 is 0 Å². The second-order valence-electron chi connectivity index (χ2n) is 16.5. The molecule has 0 radical (unpaired) electrons. The Balaban J connectivity index is 1.11. The average Bonchev–Trinajstić information content (AvgIpc) is 4.05. The van der Waals surface area contributed by atoms with Crippen LogP contribution in [0.2, 0.25) is 0 Å². The minimum atomic E-state index is -3.94. The number of carbonyl (C=O) groups is 3. The summed E-state index contributed by atoms with van der Waals surface area (Å²) in [4.78, 5) is 50.0. The highest BCUT2D eigenvalue weighted by molar-refractivity contribution is 7.91. The van der Waals surface area contributed by atoms with E-state index in [-0.39, 0.29) is 31.2 Å². The van der Waals surface area contributed by atoms with Gasteiger partial charge in [-0.2, -0.15) is 0 Å². The monoisotopic (exact) mass is 753 g/mol. The Labute approximate surface area is 317 Å². The van der Waals surface area contributed by atoms with Crippen molar-refractivity contribution in [3.63, 3.8) is 0 Å². The first-order valence-corrected chi connectivity index (χ1v) is 21.1. The van der Waals surface area contributed by atoms with Gasteiger partial charge in [-0.1, -0.05) is 73.5 Å². The number of rotatable bonds is 7.